The van der Waals surface area contributed by atoms with E-state index in [1.54, 1.807) is 29.9 Å². The summed E-state index contributed by atoms with van der Waals surface area (Å²) >= 11 is 0. The van der Waals surface area contributed by atoms with Crippen molar-refractivity contribution in [2.24, 2.45) is 0 Å². The first-order chi connectivity index (χ1) is 16.1. The number of benzene rings is 2. The Balaban J connectivity index is 1.62. The van der Waals surface area contributed by atoms with Gasteiger partial charge in [-0.2, -0.15) is 10.1 Å². The summed E-state index contributed by atoms with van der Waals surface area (Å²) in [6, 6.07) is 22.9. The van der Waals surface area contributed by atoms with Gasteiger partial charge in [0, 0.05) is 17.3 Å². The van der Waals surface area contributed by atoms with Crippen LogP contribution in [0.5, 0.6) is 0 Å². The maximum atomic E-state index is 13.3. The summed E-state index contributed by atoms with van der Waals surface area (Å²) in [6.45, 7) is 2.25. The lowest BCUT2D eigenvalue weighted by Crippen LogP contribution is -2.19. The first-order valence-electron chi connectivity index (χ1n) is 10.4. The van der Waals surface area contributed by atoms with Crippen LogP contribution < -0.4 is 11.0 Å². The van der Waals surface area contributed by atoms with Crippen molar-refractivity contribution >= 4 is 22.8 Å². The second-order valence-corrected chi connectivity index (χ2v) is 7.65. The predicted octanol–water partition coefficient (Wildman–Crippen LogP) is 3.79. The van der Waals surface area contributed by atoms with E-state index in [4.69, 9.17) is 4.98 Å². The maximum Gasteiger partial charge on any atom is 0.347 e. The number of amides is 1. The molecule has 5 rings (SSSR count). The molecule has 0 spiro atoms. The Kier molecular flexibility index (Phi) is 5.24. The molecule has 8 nitrogen and oxygen atoms in total. The van der Waals surface area contributed by atoms with Crippen LogP contribution in [0.25, 0.3) is 22.3 Å². The average Bonchev–Trinajstić information content (AvgIpc) is 3.21. The number of aryl methyl sites for hydroxylation is 1. The molecule has 0 atom stereocenters. The fraction of sp³-hybridized carbons (Fsp3) is 0.0800. The fourth-order valence-corrected chi connectivity index (χ4v) is 3.69. The highest BCUT2D eigenvalue weighted by atomic mass is 16.2. The molecule has 0 saturated heterocycles. The van der Waals surface area contributed by atoms with Gasteiger partial charge in [-0.15, -0.1) is 0 Å². The third-order valence-corrected chi connectivity index (χ3v) is 5.22. The Morgan fingerprint density at radius 1 is 1.00 bits per heavy atom. The second-order valence-electron chi connectivity index (χ2n) is 7.65. The van der Waals surface area contributed by atoms with Gasteiger partial charge in [0.1, 0.15) is 5.82 Å². The highest BCUT2D eigenvalue weighted by Gasteiger charge is 2.18. The van der Waals surface area contributed by atoms with Gasteiger partial charge in [0.15, 0.2) is 5.65 Å². The van der Waals surface area contributed by atoms with Crippen molar-refractivity contribution in [2.75, 3.05) is 5.32 Å². The van der Waals surface area contributed by atoms with E-state index in [2.05, 4.69) is 20.4 Å². The van der Waals surface area contributed by atoms with E-state index < -0.39 is 11.6 Å². The van der Waals surface area contributed by atoms with E-state index in [1.807, 2.05) is 60.7 Å². The van der Waals surface area contributed by atoms with Crippen molar-refractivity contribution in [2.45, 2.75) is 13.5 Å². The van der Waals surface area contributed by atoms with E-state index in [1.165, 1.54) is 0 Å². The quantitative estimate of drug-likeness (QED) is 0.436. The first-order valence-corrected chi connectivity index (χ1v) is 10.4. The monoisotopic (exact) mass is 436 g/mol. The zero-order valence-corrected chi connectivity index (χ0v) is 17.8. The second kappa shape index (κ2) is 8.51. The molecule has 0 aliphatic heterocycles. The molecule has 33 heavy (non-hydrogen) atoms. The van der Waals surface area contributed by atoms with E-state index in [9.17, 15) is 9.59 Å². The minimum Gasteiger partial charge on any atom is -0.310 e. The molecule has 3 aromatic heterocycles. The summed E-state index contributed by atoms with van der Waals surface area (Å²) in [5.74, 6) is -0.208. The summed E-state index contributed by atoms with van der Waals surface area (Å²) in [7, 11) is 0. The number of rotatable bonds is 5. The summed E-state index contributed by atoms with van der Waals surface area (Å²) in [6.07, 6.45) is 1.64. The molecule has 0 saturated carbocycles. The molecular weight excluding hydrogens is 416 g/mol. The Hall–Kier alpha value is -4.59. The number of pyridine rings is 1. The zero-order valence-electron chi connectivity index (χ0n) is 17.8. The van der Waals surface area contributed by atoms with Crippen LogP contribution in [-0.4, -0.2) is 30.6 Å². The van der Waals surface area contributed by atoms with Crippen LogP contribution in [-0.2, 0) is 6.54 Å². The van der Waals surface area contributed by atoms with Gasteiger partial charge >= 0.3 is 5.69 Å². The van der Waals surface area contributed by atoms with Crippen LogP contribution in [0.2, 0.25) is 0 Å². The van der Waals surface area contributed by atoms with Crippen LogP contribution in [0.4, 0.5) is 5.82 Å². The summed E-state index contributed by atoms with van der Waals surface area (Å²) < 4.78 is 1.78. The molecule has 162 valence electrons. The number of nitrogens with one attached hydrogen (secondary N) is 2. The van der Waals surface area contributed by atoms with Gasteiger partial charge in [-0.05, 0) is 18.6 Å². The summed E-state index contributed by atoms with van der Waals surface area (Å²) in [5.41, 5.74) is 3.68. The molecule has 8 heteroatoms. The molecule has 0 bridgehead atoms. The lowest BCUT2D eigenvalue weighted by molar-refractivity contribution is 0.102. The molecular formula is C25H20N6O2. The molecule has 0 radical (unpaired) electrons. The van der Waals surface area contributed by atoms with Crippen LogP contribution in [0.15, 0.2) is 83.8 Å². The largest absolute Gasteiger partial charge is 0.347 e. The zero-order chi connectivity index (χ0) is 22.8. The van der Waals surface area contributed by atoms with Gasteiger partial charge in [0.05, 0.1) is 29.4 Å². The van der Waals surface area contributed by atoms with Crippen LogP contribution in [0.3, 0.4) is 0 Å². The normalized spacial score (nSPS) is 10.9. The van der Waals surface area contributed by atoms with Gasteiger partial charge in [-0.1, -0.05) is 60.7 Å². The Labute approximate surface area is 189 Å². The molecule has 0 aliphatic rings. The molecule has 3 heterocycles. The van der Waals surface area contributed by atoms with Gasteiger partial charge < -0.3 is 10.3 Å². The van der Waals surface area contributed by atoms with Crippen LogP contribution in [0, 0.1) is 6.92 Å². The predicted molar refractivity (Wildman–Crippen MR) is 126 cm³/mol. The fourth-order valence-electron chi connectivity index (χ4n) is 3.69. The minimum atomic E-state index is -0.522. The van der Waals surface area contributed by atoms with Crippen molar-refractivity contribution in [3.63, 3.8) is 0 Å². The van der Waals surface area contributed by atoms with Crippen molar-refractivity contribution in [3.05, 3.63) is 106 Å². The number of fused-ring (bicyclic) bond motifs is 1. The van der Waals surface area contributed by atoms with Crippen molar-refractivity contribution in [1.82, 2.24) is 24.7 Å². The number of aromatic nitrogens is 5. The van der Waals surface area contributed by atoms with E-state index in [0.717, 1.165) is 11.1 Å². The lowest BCUT2D eigenvalue weighted by atomic mass is 10.1. The van der Waals surface area contributed by atoms with E-state index in [-0.39, 0.29) is 5.82 Å². The van der Waals surface area contributed by atoms with Crippen molar-refractivity contribution in [1.29, 1.82) is 0 Å². The van der Waals surface area contributed by atoms with Gasteiger partial charge in [0.25, 0.3) is 5.91 Å². The third kappa shape index (κ3) is 4.27. The SMILES string of the molecule is Cc1cc(NC(=O)c2cc(-c3ccccc3)nc3c2cnn3Cc2ccccc2)nc(=O)[nH]1. The number of aromatic amines is 1. The number of carbonyl (C=O) groups is 1. The smallest absolute Gasteiger partial charge is 0.310 e. The van der Waals surface area contributed by atoms with Gasteiger partial charge in [0.2, 0.25) is 0 Å². The molecule has 0 fully saturated rings. The highest BCUT2D eigenvalue weighted by Crippen LogP contribution is 2.26. The highest BCUT2D eigenvalue weighted by molar-refractivity contribution is 6.12. The Morgan fingerprint density at radius 2 is 1.73 bits per heavy atom. The number of nitrogens with zero attached hydrogens (tertiary/aromatic N) is 4. The third-order valence-electron chi connectivity index (χ3n) is 5.22. The molecule has 2 N–H and O–H groups in total. The molecule has 5 aromatic rings. The molecule has 2 aromatic carbocycles. The number of carbonyl (C=O) groups excluding carboxylic acids is 1. The van der Waals surface area contributed by atoms with Crippen LogP contribution >= 0.6 is 0 Å². The number of hydrogen-bond acceptors (Lipinski definition) is 5. The van der Waals surface area contributed by atoms with Gasteiger partial charge in [-0.3, -0.25) is 4.79 Å². The topological polar surface area (TPSA) is 106 Å². The molecule has 1 amide bonds. The lowest BCUT2D eigenvalue weighted by Gasteiger charge is -2.10. The molecule has 0 aliphatic carbocycles. The number of hydrogen-bond donors (Lipinski definition) is 2. The summed E-state index contributed by atoms with van der Waals surface area (Å²) in [4.78, 5) is 36.2. The van der Waals surface area contributed by atoms with E-state index in [0.29, 0.717) is 34.5 Å². The molecule has 0 unspecified atom stereocenters. The number of anilines is 1. The minimum absolute atomic E-state index is 0.184. The maximum absolute atomic E-state index is 13.3. The number of H-pyrrole nitrogens is 1. The Bertz CT molecular complexity index is 1510. The Morgan fingerprint density at radius 3 is 2.45 bits per heavy atom. The van der Waals surface area contributed by atoms with Crippen molar-refractivity contribution in [3.8, 4) is 11.3 Å². The van der Waals surface area contributed by atoms with Crippen LogP contribution in [0.1, 0.15) is 21.6 Å². The van der Waals surface area contributed by atoms with Crippen molar-refractivity contribution < 1.29 is 4.79 Å². The average molecular weight is 436 g/mol. The standard InChI is InChI=1S/C25H20N6O2/c1-16-12-22(30-25(33)27-16)29-24(32)19-13-21(18-10-6-3-7-11-18)28-23-20(19)14-26-31(23)15-17-8-4-2-5-9-17/h2-14H,15H2,1H3,(H2,27,29,30,32,33). The van der Waals surface area contributed by atoms with E-state index >= 15 is 0 Å². The first kappa shape index (κ1) is 20.3. The summed E-state index contributed by atoms with van der Waals surface area (Å²) in [5, 5.41) is 7.86. The van der Waals surface area contributed by atoms with Gasteiger partial charge in [-0.25, -0.2) is 14.5 Å².